The van der Waals surface area contributed by atoms with Gasteiger partial charge in [-0.1, -0.05) is 11.6 Å². The van der Waals surface area contributed by atoms with E-state index in [1.165, 1.54) is 0 Å². The van der Waals surface area contributed by atoms with Crippen molar-refractivity contribution in [3.05, 3.63) is 46.8 Å². The Labute approximate surface area is 149 Å². The zero-order chi connectivity index (χ0) is 17.6. The second-order valence-electron chi connectivity index (χ2n) is 6.07. The van der Waals surface area contributed by atoms with E-state index < -0.39 is 0 Å². The fourth-order valence-electron chi connectivity index (χ4n) is 2.92. The number of ether oxygens (including phenoxy) is 1. The smallest absolute Gasteiger partial charge is 0.166 e. The van der Waals surface area contributed by atoms with Crippen LogP contribution < -0.4 is 0 Å². The standard InChI is InChI=1S/C17H15ClN6O/c1-10(2)25-8-16-21-22-17-12-5-11(18)3-4-14(12)24-9-20-13(6-19)15(24)7-23(16)17/h3-5,9-10H,7-8H2,1-2H3. The third-order valence-corrected chi connectivity index (χ3v) is 4.35. The highest BCUT2D eigenvalue weighted by Gasteiger charge is 2.26. The molecule has 1 aliphatic rings. The van der Waals surface area contributed by atoms with Crippen LogP contribution in [0.4, 0.5) is 0 Å². The maximum atomic E-state index is 9.40. The summed E-state index contributed by atoms with van der Waals surface area (Å²) in [6.45, 7) is 4.72. The van der Waals surface area contributed by atoms with Crippen molar-refractivity contribution in [1.82, 2.24) is 24.3 Å². The average Bonchev–Trinajstić information content (AvgIpc) is 3.14. The van der Waals surface area contributed by atoms with E-state index in [4.69, 9.17) is 16.3 Å². The van der Waals surface area contributed by atoms with Crippen LogP contribution in [0, 0.1) is 11.3 Å². The van der Waals surface area contributed by atoms with Crippen LogP contribution in [0.15, 0.2) is 24.5 Å². The Hall–Kier alpha value is -2.69. The molecule has 0 unspecified atom stereocenters. The number of benzene rings is 1. The fraction of sp³-hybridized carbons (Fsp3) is 0.294. The first kappa shape index (κ1) is 15.8. The molecule has 0 N–H and O–H groups in total. The molecule has 3 aromatic rings. The highest BCUT2D eigenvalue weighted by atomic mass is 35.5. The third-order valence-electron chi connectivity index (χ3n) is 4.11. The number of nitriles is 1. The molecule has 0 bridgehead atoms. The van der Waals surface area contributed by atoms with Gasteiger partial charge in [-0.05, 0) is 32.0 Å². The normalized spacial score (nSPS) is 12.3. The molecule has 0 amide bonds. The zero-order valence-corrected chi connectivity index (χ0v) is 14.5. The van der Waals surface area contributed by atoms with Crippen molar-refractivity contribution in [2.45, 2.75) is 33.1 Å². The summed E-state index contributed by atoms with van der Waals surface area (Å²) in [4.78, 5) is 4.22. The molecule has 0 saturated heterocycles. The van der Waals surface area contributed by atoms with Gasteiger partial charge in [0.1, 0.15) is 19.0 Å². The number of fused-ring (bicyclic) bond motifs is 5. The predicted octanol–water partition coefficient (Wildman–Crippen LogP) is 2.94. The van der Waals surface area contributed by atoms with E-state index >= 15 is 0 Å². The second kappa shape index (κ2) is 5.99. The van der Waals surface area contributed by atoms with Crippen LogP contribution in [0.2, 0.25) is 5.02 Å². The molecule has 3 heterocycles. The van der Waals surface area contributed by atoms with E-state index in [1.807, 2.05) is 41.2 Å². The van der Waals surface area contributed by atoms with Gasteiger partial charge >= 0.3 is 0 Å². The Kier molecular flexibility index (Phi) is 3.79. The number of hydrogen-bond acceptors (Lipinski definition) is 5. The molecular formula is C17H15ClN6O. The monoisotopic (exact) mass is 354 g/mol. The number of nitrogens with zero attached hydrogens (tertiary/aromatic N) is 6. The van der Waals surface area contributed by atoms with Crippen molar-refractivity contribution in [2.75, 3.05) is 0 Å². The van der Waals surface area contributed by atoms with Gasteiger partial charge in [0.2, 0.25) is 0 Å². The van der Waals surface area contributed by atoms with E-state index in [1.54, 1.807) is 6.33 Å². The molecule has 1 aliphatic heterocycles. The lowest BCUT2D eigenvalue weighted by molar-refractivity contribution is 0.0595. The summed E-state index contributed by atoms with van der Waals surface area (Å²) in [6.07, 6.45) is 1.74. The van der Waals surface area contributed by atoms with Crippen molar-refractivity contribution in [2.24, 2.45) is 0 Å². The lowest BCUT2D eigenvalue weighted by Gasteiger charge is -2.10. The van der Waals surface area contributed by atoms with Crippen molar-refractivity contribution < 1.29 is 4.74 Å². The molecule has 0 radical (unpaired) electrons. The van der Waals surface area contributed by atoms with Crippen LogP contribution in [-0.2, 0) is 17.9 Å². The van der Waals surface area contributed by atoms with Crippen LogP contribution >= 0.6 is 11.6 Å². The number of rotatable bonds is 3. The zero-order valence-electron chi connectivity index (χ0n) is 13.8. The molecule has 2 aromatic heterocycles. The maximum Gasteiger partial charge on any atom is 0.166 e. The van der Waals surface area contributed by atoms with Crippen molar-refractivity contribution in [3.8, 4) is 23.1 Å². The topological polar surface area (TPSA) is 81.6 Å². The van der Waals surface area contributed by atoms with Gasteiger partial charge in [-0.15, -0.1) is 10.2 Å². The summed E-state index contributed by atoms with van der Waals surface area (Å²) < 4.78 is 9.56. The van der Waals surface area contributed by atoms with Gasteiger partial charge < -0.3 is 9.30 Å². The van der Waals surface area contributed by atoms with Crippen LogP contribution in [0.5, 0.6) is 0 Å². The largest absolute Gasteiger partial charge is 0.371 e. The first-order valence-corrected chi connectivity index (χ1v) is 8.26. The molecule has 25 heavy (non-hydrogen) atoms. The number of imidazole rings is 1. The highest BCUT2D eigenvalue weighted by Crippen LogP contribution is 2.34. The lowest BCUT2D eigenvalue weighted by atomic mass is 10.1. The van der Waals surface area contributed by atoms with Gasteiger partial charge in [0.05, 0.1) is 24.0 Å². The summed E-state index contributed by atoms with van der Waals surface area (Å²) in [5.74, 6) is 1.40. The Morgan fingerprint density at radius 3 is 2.96 bits per heavy atom. The summed E-state index contributed by atoms with van der Waals surface area (Å²) in [5, 5.41) is 18.6. The van der Waals surface area contributed by atoms with Gasteiger partial charge in [-0.3, -0.25) is 4.57 Å². The van der Waals surface area contributed by atoms with E-state index in [0.717, 1.165) is 16.9 Å². The molecule has 126 valence electrons. The van der Waals surface area contributed by atoms with E-state index in [9.17, 15) is 5.26 Å². The minimum absolute atomic E-state index is 0.0839. The Morgan fingerprint density at radius 2 is 2.20 bits per heavy atom. The van der Waals surface area contributed by atoms with Crippen LogP contribution in [-0.4, -0.2) is 30.4 Å². The van der Waals surface area contributed by atoms with Gasteiger partial charge in [-0.25, -0.2) is 4.98 Å². The molecular weight excluding hydrogens is 340 g/mol. The lowest BCUT2D eigenvalue weighted by Crippen LogP contribution is -2.11. The molecule has 0 saturated carbocycles. The molecule has 8 heteroatoms. The minimum atomic E-state index is 0.0839. The Balaban J connectivity index is 1.94. The van der Waals surface area contributed by atoms with Crippen molar-refractivity contribution in [3.63, 3.8) is 0 Å². The first-order valence-electron chi connectivity index (χ1n) is 7.88. The van der Waals surface area contributed by atoms with E-state index in [-0.39, 0.29) is 6.10 Å². The van der Waals surface area contributed by atoms with Crippen LogP contribution in [0.3, 0.4) is 0 Å². The number of hydrogen-bond donors (Lipinski definition) is 0. The Bertz CT molecular complexity index is 997. The summed E-state index contributed by atoms with van der Waals surface area (Å²) >= 11 is 6.21. The summed E-state index contributed by atoms with van der Waals surface area (Å²) in [5.41, 5.74) is 2.89. The molecule has 7 nitrogen and oxygen atoms in total. The number of aromatic nitrogens is 5. The maximum absolute atomic E-state index is 9.40. The van der Waals surface area contributed by atoms with Gasteiger partial charge in [-0.2, -0.15) is 5.26 Å². The molecule has 1 aromatic carbocycles. The fourth-order valence-corrected chi connectivity index (χ4v) is 3.09. The van der Waals surface area contributed by atoms with E-state index in [0.29, 0.717) is 35.5 Å². The third kappa shape index (κ3) is 2.60. The Morgan fingerprint density at radius 1 is 1.36 bits per heavy atom. The number of halogens is 1. The van der Waals surface area contributed by atoms with Crippen molar-refractivity contribution in [1.29, 1.82) is 5.26 Å². The minimum Gasteiger partial charge on any atom is -0.371 e. The van der Waals surface area contributed by atoms with Crippen molar-refractivity contribution >= 4 is 11.6 Å². The molecule has 0 aliphatic carbocycles. The summed E-state index contributed by atoms with van der Waals surface area (Å²) in [6, 6.07) is 7.72. The van der Waals surface area contributed by atoms with Gasteiger partial charge in [0.25, 0.3) is 0 Å². The molecule has 4 rings (SSSR count). The second-order valence-corrected chi connectivity index (χ2v) is 6.51. The van der Waals surface area contributed by atoms with Gasteiger partial charge in [0.15, 0.2) is 17.3 Å². The molecule has 0 atom stereocenters. The van der Waals surface area contributed by atoms with Crippen LogP contribution in [0.25, 0.3) is 17.1 Å². The van der Waals surface area contributed by atoms with E-state index in [2.05, 4.69) is 21.3 Å². The highest BCUT2D eigenvalue weighted by molar-refractivity contribution is 6.31. The quantitative estimate of drug-likeness (QED) is 0.565. The predicted molar refractivity (Wildman–Crippen MR) is 91.3 cm³/mol. The molecule has 0 spiro atoms. The van der Waals surface area contributed by atoms with Crippen LogP contribution in [0.1, 0.15) is 31.1 Å². The molecule has 0 fully saturated rings. The SMILES string of the molecule is CC(C)OCc1nnc2n1Cc1c(C#N)ncn1-c1ccc(Cl)cc1-2. The summed E-state index contributed by atoms with van der Waals surface area (Å²) in [7, 11) is 0. The van der Waals surface area contributed by atoms with Gasteiger partial charge in [0, 0.05) is 10.6 Å². The first-order chi connectivity index (χ1) is 12.1. The average molecular weight is 355 g/mol.